The molecule has 0 unspecified atom stereocenters. The maximum absolute atomic E-state index is 12.1. The van der Waals surface area contributed by atoms with Crippen molar-refractivity contribution in [3.05, 3.63) is 28.8 Å². The molecule has 0 radical (unpaired) electrons. The molecular formula is C7H5BClF3O2. The van der Waals surface area contributed by atoms with E-state index in [0.29, 0.717) is 0 Å². The monoisotopic (exact) mass is 224 g/mol. The van der Waals surface area contributed by atoms with Crippen LogP contribution in [-0.2, 0) is 6.18 Å². The van der Waals surface area contributed by atoms with Crippen LogP contribution in [0.5, 0.6) is 0 Å². The van der Waals surface area contributed by atoms with Gasteiger partial charge >= 0.3 is 73.0 Å². The number of alkyl halides is 3. The van der Waals surface area contributed by atoms with Gasteiger partial charge in [-0.25, -0.2) is 0 Å². The second-order valence-electron chi connectivity index (χ2n) is 2.21. The third-order valence-corrected chi connectivity index (χ3v) is 1.76. The molecular weight excluding hydrogens is 219 g/mol. The number of hydrogen-bond acceptors (Lipinski definition) is 2. The second-order valence-corrected chi connectivity index (χ2v) is 2.58. The van der Waals surface area contributed by atoms with Crippen molar-refractivity contribution in [1.82, 2.24) is 0 Å². The first-order valence-electron chi connectivity index (χ1n) is 3.04. The summed E-state index contributed by atoms with van der Waals surface area (Å²) in [7, 11) is 5.19. The quantitative estimate of drug-likeness (QED) is 0.631. The number of benzene rings is 1. The summed E-state index contributed by atoms with van der Waals surface area (Å²) in [6.45, 7) is 0. The molecule has 0 spiro atoms. The molecule has 1 aromatic carbocycles. The predicted octanol–water partition coefficient (Wildman–Crippen LogP) is 1.80. The maximum Gasteiger partial charge on any atom is -0.870 e. The Balaban J connectivity index is 0. The molecule has 2 N–H and O–H groups in total. The molecule has 0 aliphatic heterocycles. The van der Waals surface area contributed by atoms with Crippen molar-refractivity contribution < 1.29 is 24.1 Å². The molecule has 1 rings (SSSR count). The van der Waals surface area contributed by atoms with Gasteiger partial charge in [-0.15, -0.1) is 0 Å². The Kier molecular flexibility index (Phi) is 5.89. The minimum absolute atomic E-state index is 0. The summed E-state index contributed by atoms with van der Waals surface area (Å²) in [5.74, 6) is 0. The van der Waals surface area contributed by atoms with Gasteiger partial charge in [0.25, 0.3) is 0 Å². The first kappa shape index (κ1) is 15.7. The van der Waals surface area contributed by atoms with Gasteiger partial charge in [0.05, 0.1) is 0 Å². The molecule has 0 heterocycles. The molecule has 76 valence electrons. The summed E-state index contributed by atoms with van der Waals surface area (Å²) in [6.07, 6.45) is -4.44. The van der Waals surface area contributed by atoms with Crippen molar-refractivity contribution >= 4 is 24.9 Å². The SMILES string of the molecule is [B+2]c1cccc(C(F)(F)F)c1Cl.[OH-].[OH-]. The van der Waals surface area contributed by atoms with E-state index in [1.807, 2.05) is 0 Å². The van der Waals surface area contributed by atoms with Gasteiger partial charge in [0.1, 0.15) is 0 Å². The minimum Gasteiger partial charge on any atom is -0.870 e. The summed E-state index contributed by atoms with van der Waals surface area (Å²) < 4.78 is 36.3. The van der Waals surface area contributed by atoms with Crippen molar-refractivity contribution in [3.63, 3.8) is 0 Å². The molecule has 14 heavy (non-hydrogen) atoms. The Labute approximate surface area is 84.7 Å². The Morgan fingerprint density at radius 2 is 1.64 bits per heavy atom. The molecule has 0 saturated heterocycles. The Hall–Kier alpha value is -0.715. The van der Waals surface area contributed by atoms with Crippen LogP contribution in [0.1, 0.15) is 5.56 Å². The zero-order chi connectivity index (χ0) is 9.35. The Bertz CT molecular complexity index is 303. The number of rotatable bonds is 0. The van der Waals surface area contributed by atoms with Gasteiger partial charge < -0.3 is 11.0 Å². The normalized spacial score (nSPS) is 10.1. The van der Waals surface area contributed by atoms with E-state index < -0.39 is 16.8 Å². The van der Waals surface area contributed by atoms with Crippen LogP contribution in [0.2, 0.25) is 5.02 Å². The largest absolute Gasteiger partial charge is 0.870 e. The van der Waals surface area contributed by atoms with Crippen LogP contribution in [0.3, 0.4) is 0 Å². The van der Waals surface area contributed by atoms with Crippen LogP contribution in [0, 0.1) is 0 Å². The summed E-state index contributed by atoms with van der Waals surface area (Å²) >= 11 is 5.33. The molecule has 0 aromatic heterocycles. The van der Waals surface area contributed by atoms with E-state index in [4.69, 9.17) is 19.4 Å². The number of halogens is 4. The first-order valence-corrected chi connectivity index (χ1v) is 3.42. The third-order valence-electron chi connectivity index (χ3n) is 1.33. The third kappa shape index (κ3) is 3.21. The first-order chi connectivity index (χ1) is 5.43. The molecule has 2 nitrogen and oxygen atoms in total. The van der Waals surface area contributed by atoms with E-state index in [-0.39, 0.29) is 16.4 Å². The molecule has 7 heteroatoms. The molecule has 0 atom stereocenters. The topological polar surface area (TPSA) is 60.0 Å². The molecule has 0 aliphatic carbocycles. The van der Waals surface area contributed by atoms with Gasteiger partial charge in [-0.1, -0.05) is 0 Å². The fourth-order valence-corrected chi connectivity index (χ4v) is 1.00. The smallest absolute Gasteiger partial charge is 0.870 e. The van der Waals surface area contributed by atoms with Crippen molar-refractivity contribution in [2.24, 2.45) is 0 Å². The van der Waals surface area contributed by atoms with E-state index in [9.17, 15) is 13.2 Å². The molecule has 0 bridgehead atoms. The molecule has 0 amide bonds. The van der Waals surface area contributed by atoms with E-state index in [1.54, 1.807) is 0 Å². The fourth-order valence-electron chi connectivity index (χ4n) is 0.769. The second kappa shape index (κ2) is 5.24. The van der Waals surface area contributed by atoms with Crippen LogP contribution in [-0.4, -0.2) is 18.8 Å². The molecule has 0 aliphatic rings. The van der Waals surface area contributed by atoms with Gasteiger partial charge in [0, 0.05) is 0 Å². The average molecular weight is 224 g/mol. The van der Waals surface area contributed by atoms with Crippen molar-refractivity contribution in [2.45, 2.75) is 6.18 Å². The van der Waals surface area contributed by atoms with Crippen LogP contribution in [0.4, 0.5) is 13.2 Å². The van der Waals surface area contributed by atoms with Crippen LogP contribution in [0.15, 0.2) is 18.2 Å². The van der Waals surface area contributed by atoms with Gasteiger partial charge in [-0.3, -0.25) is 0 Å². The van der Waals surface area contributed by atoms with Gasteiger partial charge in [-0.2, -0.15) is 0 Å². The predicted molar refractivity (Wildman–Crippen MR) is 45.7 cm³/mol. The average Bonchev–Trinajstić information content (AvgIpc) is 1.92. The number of hydrogen-bond donors (Lipinski definition) is 0. The minimum atomic E-state index is -4.44. The van der Waals surface area contributed by atoms with E-state index in [2.05, 4.69) is 0 Å². The van der Waals surface area contributed by atoms with Crippen molar-refractivity contribution in [1.29, 1.82) is 0 Å². The Morgan fingerprint density at radius 1 is 1.14 bits per heavy atom. The molecule has 0 saturated carbocycles. The summed E-state index contributed by atoms with van der Waals surface area (Å²) in [4.78, 5) is 0. The van der Waals surface area contributed by atoms with Gasteiger partial charge in [0.15, 0.2) is 0 Å². The zero-order valence-electron chi connectivity index (χ0n) is 6.72. The molecule has 0 fully saturated rings. The van der Waals surface area contributed by atoms with Gasteiger partial charge in [0.2, 0.25) is 0 Å². The van der Waals surface area contributed by atoms with Crippen LogP contribution < -0.4 is 5.46 Å². The van der Waals surface area contributed by atoms with Crippen molar-refractivity contribution in [2.75, 3.05) is 0 Å². The van der Waals surface area contributed by atoms with Crippen molar-refractivity contribution in [3.8, 4) is 0 Å². The maximum atomic E-state index is 12.1. The standard InChI is InChI=1S/C7H3BClF3.2H2O/c8-5-3-1-2-4(6(5)9)7(10,11)12;;/h1-3H;2*1H2/q+2;;/p-2. The van der Waals surface area contributed by atoms with Gasteiger partial charge in [-0.05, 0) is 0 Å². The Morgan fingerprint density at radius 3 is 2.00 bits per heavy atom. The van der Waals surface area contributed by atoms with E-state index >= 15 is 0 Å². The van der Waals surface area contributed by atoms with E-state index in [0.717, 1.165) is 6.07 Å². The zero-order valence-corrected chi connectivity index (χ0v) is 7.47. The molecule has 1 aromatic rings. The summed E-state index contributed by atoms with van der Waals surface area (Å²) in [5, 5.41) is -0.440. The summed E-state index contributed by atoms with van der Waals surface area (Å²) in [5.41, 5.74) is -0.962. The van der Waals surface area contributed by atoms with Crippen LogP contribution >= 0.6 is 11.6 Å². The fraction of sp³-hybridized carbons (Fsp3) is 0.143. The van der Waals surface area contributed by atoms with E-state index in [1.165, 1.54) is 12.1 Å². The summed E-state index contributed by atoms with van der Waals surface area (Å²) in [6, 6.07) is 3.42. The van der Waals surface area contributed by atoms with Crippen LogP contribution in [0.25, 0.3) is 0 Å².